The second-order valence-corrected chi connectivity index (χ2v) is 7.28. The fraction of sp³-hybridized carbons (Fsp3) is 0.238. The molecule has 0 amide bonds. The third-order valence-corrected chi connectivity index (χ3v) is 4.76. The fourth-order valence-corrected chi connectivity index (χ4v) is 3.29. The predicted octanol–water partition coefficient (Wildman–Crippen LogP) is 3.47. The van der Waals surface area contributed by atoms with Gasteiger partial charge in [-0.3, -0.25) is 4.79 Å². The van der Waals surface area contributed by atoms with Crippen LogP contribution in [0.1, 0.15) is 24.5 Å². The first kappa shape index (κ1) is 20.0. The van der Waals surface area contributed by atoms with Gasteiger partial charge in [-0.1, -0.05) is 61.5 Å². The first-order valence-electron chi connectivity index (χ1n) is 9.02. The van der Waals surface area contributed by atoms with E-state index in [1.807, 2.05) is 37.3 Å². The van der Waals surface area contributed by atoms with Crippen LogP contribution in [-0.4, -0.2) is 25.1 Å². The molecule has 0 radical (unpaired) electrons. The molecule has 3 aromatic rings. The number of aromatic nitrogens is 2. The summed E-state index contributed by atoms with van der Waals surface area (Å²) in [5, 5.41) is 4.32. The van der Waals surface area contributed by atoms with Crippen LogP contribution in [0.4, 0.5) is 0 Å². The first-order chi connectivity index (χ1) is 13.6. The Kier molecular flexibility index (Phi) is 6.73. The average molecular weight is 398 g/mol. The number of hydrogen-bond acceptors (Lipinski definition) is 4. The number of benzene rings is 2. The van der Waals surface area contributed by atoms with Crippen molar-refractivity contribution in [1.82, 2.24) is 9.78 Å². The van der Waals surface area contributed by atoms with Gasteiger partial charge in [-0.2, -0.15) is 5.10 Å². The lowest BCUT2D eigenvalue weighted by molar-refractivity contribution is 0.310. The van der Waals surface area contributed by atoms with Crippen molar-refractivity contribution in [3.8, 4) is 16.9 Å². The molecule has 0 aliphatic rings. The minimum Gasteiger partial charge on any atom is -0.487 e. The molecule has 1 heterocycles. The van der Waals surface area contributed by atoms with Gasteiger partial charge < -0.3 is 9.29 Å². The maximum absolute atomic E-state index is 13.0. The molecule has 0 spiro atoms. The summed E-state index contributed by atoms with van der Waals surface area (Å²) in [6, 6.07) is 16.8. The lowest BCUT2D eigenvalue weighted by atomic mass is 10.1. The Hall–Kier alpha value is -2.77. The van der Waals surface area contributed by atoms with Gasteiger partial charge in [0.15, 0.2) is 16.8 Å². The van der Waals surface area contributed by atoms with E-state index in [1.54, 1.807) is 30.5 Å². The van der Waals surface area contributed by atoms with Gasteiger partial charge in [0.25, 0.3) is 0 Å². The van der Waals surface area contributed by atoms with E-state index < -0.39 is 11.1 Å². The fourth-order valence-electron chi connectivity index (χ4n) is 2.81. The SMILES string of the molecule is CCCOc1c(-c2ccc(CS(=O)O)cc2)cnn(Cc2ccccc2)c1=O. The van der Waals surface area contributed by atoms with Gasteiger partial charge in [0.2, 0.25) is 0 Å². The molecule has 0 fully saturated rings. The highest BCUT2D eigenvalue weighted by atomic mass is 32.2. The maximum Gasteiger partial charge on any atom is 0.310 e. The van der Waals surface area contributed by atoms with Crippen molar-refractivity contribution in [2.24, 2.45) is 0 Å². The number of ether oxygens (including phenoxy) is 1. The van der Waals surface area contributed by atoms with E-state index in [-0.39, 0.29) is 17.1 Å². The van der Waals surface area contributed by atoms with Gasteiger partial charge in [-0.15, -0.1) is 0 Å². The molecule has 0 saturated heterocycles. The second kappa shape index (κ2) is 9.43. The van der Waals surface area contributed by atoms with Crippen LogP contribution in [0.3, 0.4) is 0 Å². The van der Waals surface area contributed by atoms with Gasteiger partial charge in [0.05, 0.1) is 25.1 Å². The molecule has 3 rings (SSSR count). The van der Waals surface area contributed by atoms with Crippen molar-refractivity contribution in [1.29, 1.82) is 0 Å². The van der Waals surface area contributed by atoms with Crippen LogP contribution in [0.25, 0.3) is 11.1 Å². The van der Waals surface area contributed by atoms with E-state index in [0.29, 0.717) is 18.7 Å². The minimum atomic E-state index is -1.89. The molecule has 0 saturated carbocycles. The van der Waals surface area contributed by atoms with Crippen molar-refractivity contribution in [2.45, 2.75) is 25.6 Å². The summed E-state index contributed by atoms with van der Waals surface area (Å²) < 4.78 is 27.2. The van der Waals surface area contributed by atoms with Crippen LogP contribution in [-0.2, 0) is 23.4 Å². The normalized spacial score (nSPS) is 11.9. The molecule has 6 nitrogen and oxygen atoms in total. The smallest absolute Gasteiger partial charge is 0.310 e. The Balaban J connectivity index is 1.97. The monoisotopic (exact) mass is 398 g/mol. The lowest BCUT2D eigenvalue weighted by Crippen LogP contribution is -2.25. The van der Waals surface area contributed by atoms with Crippen molar-refractivity contribution in [3.05, 3.63) is 82.3 Å². The predicted molar refractivity (Wildman–Crippen MR) is 110 cm³/mol. The van der Waals surface area contributed by atoms with Crippen molar-refractivity contribution in [2.75, 3.05) is 6.61 Å². The Bertz CT molecular complexity index is 1000. The highest BCUT2D eigenvalue weighted by Gasteiger charge is 2.15. The largest absolute Gasteiger partial charge is 0.487 e. The summed E-state index contributed by atoms with van der Waals surface area (Å²) in [7, 11) is 0. The molecule has 28 heavy (non-hydrogen) atoms. The molecule has 146 valence electrons. The molecule has 0 aliphatic heterocycles. The first-order valence-corrected chi connectivity index (χ1v) is 10.3. The second-order valence-electron chi connectivity index (χ2n) is 6.35. The standard InChI is InChI=1S/C21H22N2O4S/c1-2-12-27-20-19(18-10-8-17(9-11-18)15-28(25)26)13-22-23(21(20)24)14-16-6-4-3-5-7-16/h3-11,13H,2,12,14-15H2,1H3,(H,25,26). The molecule has 7 heteroatoms. The van der Waals surface area contributed by atoms with E-state index in [4.69, 9.17) is 9.29 Å². The zero-order chi connectivity index (χ0) is 19.9. The molecule has 2 aromatic carbocycles. The molecule has 1 aromatic heterocycles. The Morgan fingerprint density at radius 2 is 1.79 bits per heavy atom. The van der Waals surface area contributed by atoms with Crippen LogP contribution < -0.4 is 10.3 Å². The summed E-state index contributed by atoms with van der Waals surface area (Å²) in [5.41, 5.74) is 2.82. The Labute approximate surface area is 166 Å². The zero-order valence-electron chi connectivity index (χ0n) is 15.6. The zero-order valence-corrected chi connectivity index (χ0v) is 16.4. The summed E-state index contributed by atoms with van der Waals surface area (Å²) in [4.78, 5) is 13.0. The molecular formula is C21H22N2O4S. The van der Waals surface area contributed by atoms with Crippen LogP contribution in [0.2, 0.25) is 0 Å². The summed E-state index contributed by atoms with van der Waals surface area (Å²) in [6.07, 6.45) is 2.41. The van der Waals surface area contributed by atoms with Crippen molar-refractivity contribution >= 4 is 11.1 Å². The van der Waals surface area contributed by atoms with Gasteiger partial charge >= 0.3 is 5.56 Å². The number of hydrogen-bond donors (Lipinski definition) is 1. The number of rotatable bonds is 8. The molecule has 1 atom stereocenters. The quantitative estimate of drug-likeness (QED) is 0.588. The Morgan fingerprint density at radius 3 is 2.43 bits per heavy atom. The van der Waals surface area contributed by atoms with Crippen molar-refractivity contribution < 1.29 is 13.5 Å². The summed E-state index contributed by atoms with van der Waals surface area (Å²) >= 11 is -1.89. The van der Waals surface area contributed by atoms with Gasteiger partial charge in [-0.05, 0) is 23.1 Å². The Morgan fingerprint density at radius 1 is 1.07 bits per heavy atom. The third-order valence-electron chi connectivity index (χ3n) is 4.18. The number of nitrogens with zero attached hydrogens (tertiary/aromatic N) is 2. The van der Waals surface area contributed by atoms with Gasteiger partial charge in [0.1, 0.15) is 0 Å². The topological polar surface area (TPSA) is 81.4 Å². The average Bonchev–Trinajstić information content (AvgIpc) is 2.69. The lowest BCUT2D eigenvalue weighted by Gasteiger charge is -2.13. The van der Waals surface area contributed by atoms with E-state index in [1.165, 1.54) is 4.68 Å². The van der Waals surface area contributed by atoms with Crippen LogP contribution in [0, 0.1) is 0 Å². The van der Waals surface area contributed by atoms with Gasteiger partial charge in [-0.25, -0.2) is 8.89 Å². The summed E-state index contributed by atoms with van der Waals surface area (Å²) in [6.45, 7) is 2.77. The van der Waals surface area contributed by atoms with E-state index in [0.717, 1.165) is 23.1 Å². The maximum atomic E-state index is 13.0. The van der Waals surface area contributed by atoms with E-state index in [9.17, 15) is 9.00 Å². The highest BCUT2D eigenvalue weighted by molar-refractivity contribution is 7.78. The third kappa shape index (κ3) is 4.94. The van der Waals surface area contributed by atoms with Crippen LogP contribution >= 0.6 is 0 Å². The van der Waals surface area contributed by atoms with Crippen LogP contribution in [0.5, 0.6) is 5.75 Å². The molecule has 1 unspecified atom stereocenters. The molecule has 1 N–H and O–H groups in total. The minimum absolute atomic E-state index is 0.0659. The van der Waals surface area contributed by atoms with Crippen molar-refractivity contribution in [3.63, 3.8) is 0 Å². The van der Waals surface area contributed by atoms with Gasteiger partial charge in [0, 0.05) is 5.56 Å². The summed E-state index contributed by atoms with van der Waals surface area (Å²) in [5.74, 6) is 0.336. The highest BCUT2D eigenvalue weighted by Crippen LogP contribution is 2.27. The molecular weight excluding hydrogens is 376 g/mol. The molecule has 0 bridgehead atoms. The van der Waals surface area contributed by atoms with E-state index >= 15 is 0 Å². The van der Waals surface area contributed by atoms with Crippen LogP contribution in [0.15, 0.2) is 65.6 Å². The van der Waals surface area contributed by atoms with E-state index in [2.05, 4.69) is 5.10 Å². The molecule has 0 aliphatic carbocycles.